The minimum absolute atomic E-state index is 0.329. The zero-order valence-corrected chi connectivity index (χ0v) is 9.25. The van der Waals surface area contributed by atoms with Gasteiger partial charge in [-0.1, -0.05) is 25.0 Å². The molecule has 0 aliphatic carbocycles. The first-order valence-corrected chi connectivity index (χ1v) is 5.18. The number of carbonyl (C=O) groups excluding carboxylic acids is 1. The van der Waals surface area contributed by atoms with Crippen LogP contribution >= 0.6 is 0 Å². The van der Waals surface area contributed by atoms with E-state index in [2.05, 4.69) is 6.92 Å². The number of esters is 1. The van der Waals surface area contributed by atoms with Crippen molar-refractivity contribution in [1.29, 1.82) is 0 Å². The normalized spacial score (nSPS) is 10.0. The smallest absolute Gasteiger partial charge is 0.340 e. The summed E-state index contributed by atoms with van der Waals surface area (Å²) in [5, 5.41) is 0. The third kappa shape index (κ3) is 3.27. The van der Waals surface area contributed by atoms with E-state index >= 15 is 0 Å². The molecule has 1 aromatic carbocycles. The van der Waals surface area contributed by atoms with Crippen LogP contribution in [0.5, 0.6) is 0 Å². The number of unbranched alkanes of at least 4 members (excludes halogenated alkanes) is 1. The number of hydrogen-bond donors (Lipinski definition) is 1. The first-order chi connectivity index (χ1) is 7.15. The molecule has 0 aromatic heterocycles. The first-order valence-electron chi connectivity index (χ1n) is 5.18. The highest BCUT2D eigenvalue weighted by molar-refractivity contribution is 5.95. The summed E-state index contributed by atoms with van der Waals surface area (Å²) in [7, 11) is 0. The Balaban J connectivity index is 2.68. The van der Waals surface area contributed by atoms with Crippen molar-refractivity contribution in [3.63, 3.8) is 0 Å². The minimum atomic E-state index is -0.329. The molecule has 3 nitrogen and oxygen atoms in total. The maximum atomic E-state index is 11.6. The maximum Gasteiger partial charge on any atom is 0.340 e. The van der Waals surface area contributed by atoms with Gasteiger partial charge in [-0.05, 0) is 25.5 Å². The highest BCUT2D eigenvalue weighted by atomic mass is 16.5. The van der Waals surface area contributed by atoms with Crippen molar-refractivity contribution < 1.29 is 9.53 Å². The monoisotopic (exact) mass is 207 g/mol. The zero-order valence-electron chi connectivity index (χ0n) is 9.25. The Kier molecular flexibility index (Phi) is 4.16. The maximum absolute atomic E-state index is 11.6. The van der Waals surface area contributed by atoms with Gasteiger partial charge in [0, 0.05) is 5.69 Å². The van der Waals surface area contributed by atoms with Crippen LogP contribution in [0.2, 0.25) is 0 Å². The van der Waals surface area contributed by atoms with Crippen molar-refractivity contribution in [1.82, 2.24) is 0 Å². The molecule has 15 heavy (non-hydrogen) atoms. The number of nitrogens with two attached hydrogens (primary N) is 1. The van der Waals surface area contributed by atoms with Crippen molar-refractivity contribution in [2.45, 2.75) is 26.7 Å². The van der Waals surface area contributed by atoms with Gasteiger partial charge in [0.1, 0.15) is 0 Å². The zero-order chi connectivity index (χ0) is 11.3. The van der Waals surface area contributed by atoms with E-state index in [1.807, 2.05) is 13.0 Å². The van der Waals surface area contributed by atoms with E-state index in [0.29, 0.717) is 17.9 Å². The lowest BCUT2D eigenvalue weighted by molar-refractivity contribution is 0.0501. The largest absolute Gasteiger partial charge is 0.462 e. The summed E-state index contributed by atoms with van der Waals surface area (Å²) in [5.41, 5.74) is 7.64. The number of benzene rings is 1. The quantitative estimate of drug-likeness (QED) is 0.469. The van der Waals surface area contributed by atoms with Crippen LogP contribution in [0.1, 0.15) is 35.7 Å². The van der Waals surface area contributed by atoms with Crippen LogP contribution in [-0.4, -0.2) is 12.6 Å². The molecule has 2 N–H and O–H groups in total. The average Bonchev–Trinajstić information content (AvgIpc) is 2.22. The van der Waals surface area contributed by atoms with Gasteiger partial charge in [-0.15, -0.1) is 0 Å². The summed E-state index contributed by atoms with van der Waals surface area (Å²) in [6, 6.07) is 5.35. The van der Waals surface area contributed by atoms with Gasteiger partial charge in [-0.2, -0.15) is 0 Å². The lowest BCUT2D eigenvalue weighted by Gasteiger charge is -2.07. The lowest BCUT2D eigenvalue weighted by atomic mass is 10.1. The summed E-state index contributed by atoms with van der Waals surface area (Å²) < 4.78 is 5.09. The Morgan fingerprint density at radius 1 is 1.47 bits per heavy atom. The van der Waals surface area contributed by atoms with Crippen LogP contribution in [0, 0.1) is 6.92 Å². The molecular formula is C12H17NO2. The second-order valence-corrected chi connectivity index (χ2v) is 3.58. The molecule has 1 aromatic rings. The molecule has 82 valence electrons. The number of rotatable bonds is 4. The van der Waals surface area contributed by atoms with Gasteiger partial charge in [0.05, 0.1) is 12.2 Å². The van der Waals surface area contributed by atoms with Crippen LogP contribution in [0.25, 0.3) is 0 Å². The number of ether oxygens (including phenoxy) is 1. The Morgan fingerprint density at radius 3 is 2.87 bits per heavy atom. The van der Waals surface area contributed by atoms with Crippen LogP contribution in [0.3, 0.4) is 0 Å². The molecule has 0 spiro atoms. The average molecular weight is 207 g/mol. The van der Waals surface area contributed by atoms with Gasteiger partial charge in [0.2, 0.25) is 0 Å². The molecule has 0 unspecified atom stereocenters. The Labute approximate surface area is 90.2 Å². The van der Waals surface area contributed by atoms with E-state index in [0.717, 1.165) is 18.4 Å². The fourth-order valence-electron chi connectivity index (χ4n) is 1.23. The highest BCUT2D eigenvalue weighted by Crippen LogP contribution is 2.14. The molecule has 3 heteroatoms. The third-order valence-electron chi connectivity index (χ3n) is 2.16. The molecule has 0 bridgehead atoms. The van der Waals surface area contributed by atoms with Gasteiger partial charge in [0.25, 0.3) is 0 Å². The molecule has 0 aliphatic heterocycles. The van der Waals surface area contributed by atoms with E-state index in [4.69, 9.17) is 10.5 Å². The summed E-state index contributed by atoms with van der Waals surface area (Å²) >= 11 is 0. The van der Waals surface area contributed by atoms with Crippen molar-refractivity contribution in [3.05, 3.63) is 29.3 Å². The summed E-state index contributed by atoms with van der Waals surface area (Å²) in [4.78, 5) is 11.6. The predicted molar refractivity (Wildman–Crippen MR) is 60.8 cm³/mol. The fraction of sp³-hybridized carbons (Fsp3) is 0.417. The number of carbonyl (C=O) groups is 1. The van der Waals surface area contributed by atoms with Crippen molar-refractivity contribution in [3.8, 4) is 0 Å². The molecule has 0 radical (unpaired) electrons. The third-order valence-corrected chi connectivity index (χ3v) is 2.16. The van der Waals surface area contributed by atoms with Gasteiger partial charge in [0.15, 0.2) is 0 Å². The Bertz CT molecular complexity index is 347. The second kappa shape index (κ2) is 5.39. The van der Waals surface area contributed by atoms with Crippen molar-refractivity contribution in [2.75, 3.05) is 12.3 Å². The molecule has 0 amide bonds. The Morgan fingerprint density at radius 2 is 2.20 bits per heavy atom. The van der Waals surface area contributed by atoms with Gasteiger partial charge < -0.3 is 10.5 Å². The summed E-state index contributed by atoms with van der Waals surface area (Å²) in [6.07, 6.45) is 1.90. The SMILES string of the molecule is CCCCOC(=O)c1cc(C)ccc1N. The molecule has 1 rings (SSSR count). The molecule has 0 heterocycles. The van der Waals surface area contributed by atoms with Crippen molar-refractivity contribution >= 4 is 11.7 Å². The topological polar surface area (TPSA) is 52.3 Å². The number of hydrogen-bond acceptors (Lipinski definition) is 3. The van der Waals surface area contributed by atoms with E-state index < -0.39 is 0 Å². The molecule has 0 aliphatic rings. The lowest BCUT2D eigenvalue weighted by Crippen LogP contribution is -2.09. The van der Waals surface area contributed by atoms with Crippen LogP contribution < -0.4 is 5.73 Å². The van der Waals surface area contributed by atoms with E-state index in [1.54, 1.807) is 12.1 Å². The van der Waals surface area contributed by atoms with E-state index in [1.165, 1.54) is 0 Å². The summed E-state index contributed by atoms with van der Waals surface area (Å²) in [6.45, 7) is 4.43. The fourth-order valence-corrected chi connectivity index (χ4v) is 1.23. The number of nitrogen functional groups attached to an aromatic ring is 1. The standard InChI is InChI=1S/C12H17NO2/c1-3-4-7-15-12(14)10-8-9(2)5-6-11(10)13/h5-6,8H,3-4,7,13H2,1-2H3. The van der Waals surface area contributed by atoms with Gasteiger partial charge >= 0.3 is 5.97 Å². The van der Waals surface area contributed by atoms with E-state index in [9.17, 15) is 4.79 Å². The van der Waals surface area contributed by atoms with Gasteiger partial charge in [-0.3, -0.25) is 0 Å². The predicted octanol–water partition coefficient (Wildman–Crippen LogP) is 2.53. The number of anilines is 1. The van der Waals surface area contributed by atoms with E-state index in [-0.39, 0.29) is 5.97 Å². The summed E-state index contributed by atoms with van der Waals surface area (Å²) in [5.74, 6) is -0.329. The Hall–Kier alpha value is -1.51. The van der Waals surface area contributed by atoms with Crippen LogP contribution in [0.4, 0.5) is 5.69 Å². The second-order valence-electron chi connectivity index (χ2n) is 3.58. The van der Waals surface area contributed by atoms with Crippen LogP contribution in [0.15, 0.2) is 18.2 Å². The van der Waals surface area contributed by atoms with Gasteiger partial charge in [-0.25, -0.2) is 4.79 Å². The molecular weight excluding hydrogens is 190 g/mol. The molecule has 0 saturated heterocycles. The minimum Gasteiger partial charge on any atom is -0.462 e. The molecule has 0 saturated carbocycles. The molecule has 0 atom stereocenters. The van der Waals surface area contributed by atoms with Crippen molar-refractivity contribution in [2.24, 2.45) is 0 Å². The van der Waals surface area contributed by atoms with Crippen LogP contribution in [-0.2, 0) is 4.74 Å². The highest BCUT2D eigenvalue weighted by Gasteiger charge is 2.10. The first kappa shape index (κ1) is 11.6. The molecule has 0 fully saturated rings. The number of aryl methyl sites for hydroxylation is 1.